The highest BCUT2D eigenvalue weighted by atomic mass is 16.5. The maximum Gasteiger partial charge on any atom is 0.240 e. The Labute approximate surface area is 97.2 Å². The zero-order valence-corrected chi connectivity index (χ0v) is 9.30. The van der Waals surface area contributed by atoms with E-state index in [1.807, 2.05) is 25.1 Å². The summed E-state index contributed by atoms with van der Waals surface area (Å²) in [4.78, 5) is 4.23. The number of benzene rings is 1. The fraction of sp³-hybridized carbons (Fsp3) is 0.167. The van der Waals surface area contributed by atoms with Gasteiger partial charge in [-0.05, 0) is 18.6 Å². The molecule has 0 saturated heterocycles. The monoisotopic (exact) mass is 229 g/mol. The number of aryl methyl sites for hydroxylation is 1. The zero-order valence-electron chi connectivity index (χ0n) is 9.30. The first-order valence-electron chi connectivity index (χ1n) is 5.29. The lowest BCUT2D eigenvalue weighted by atomic mass is 10.1. The van der Waals surface area contributed by atoms with Crippen LogP contribution >= 0.6 is 0 Å². The molecule has 0 aliphatic heterocycles. The van der Waals surface area contributed by atoms with E-state index < -0.39 is 0 Å². The molecule has 3 aromatic rings. The minimum Gasteiger partial charge on any atom is -0.464 e. The zero-order chi connectivity index (χ0) is 11.8. The smallest absolute Gasteiger partial charge is 0.240 e. The standard InChI is InChI=1S/C12H11N3O2/c1-7-6-16-9-4-2-3-8(11(7)9)12-14-10(5-13)17-15-12/h2-4,6H,5,13H2,1H3. The van der Waals surface area contributed by atoms with Gasteiger partial charge in [0.15, 0.2) is 0 Å². The Morgan fingerprint density at radius 2 is 2.24 bits per heavy atom. The number of hydrogen-bond donors (Lipinski definition) is 1. The molecule has 3 rings (SSSR count). The van der Waals surface area contributed by atoms with Crippen molar-refractivity contribution >= 4 is 11.0 Å². The maximum absolute atomic E-state index is 5.45. The minimum atomic E-state index is 0.243. The summed E-state index contributed by atoms with van der Waals surface area (Å²) < 4.78 is 10.4. The summed E-state index contributed by atoms with van der Waals surface area (Å²) in [6.07, 6.45) is 1.72. The fourth-order valence-electron chi connectivity index (χ4n) is 1.88. The molecule has 1 aromatic carbocycles. The molecule has 2 heterocycles. The number of nitrogens with zero attached hydrogens (tertiary/aromatic N) is 2. The van der Waals surface area contributed by atoms with Crippen LogP contribution in [0.25, 0.3) is 22.4 Å². The summed E-state index contributed by atoms with van der Waals surface area (Å²) in [7, 11) is 0. The molecule has 2 N–H and O–H groups in total. The predicted octanol–water partition coefficient (Wildman–Crippen LogP) is 2.25. The van der Waals surface area contributed by atoms with Gasteiger partial charge < -0.3 is 14.7 Å². The van der Waals surface area contributed by atoms with E-state index in [1.165, 1.54) is 0 Å². The Balaban J connectivity index is 2.25. The van der Waals surface area contributed by atoms with Crippen LogP contribution in [0.3, 0.4) is 0 Å². The van der Waals surface area contributed by atoms with Crippen molar-refractivity contribution in [2.45, 2.75) is 13.5 Å². The van der Waals surface area contributed by atoms with Crippen LogP contribution in [0.2, 0.25) is 0 Å². The van der Waals surface area contributed by atoms with Crippen LogP contribution < -0.4 is 5.73 Å². The van der Waals surface area contributed by atoms with Crippen molar-refractivity contribution in [2.75, 3.05) is 0 Å². The lowest BCUT2D eigenvalue weighted by Gasteiger charge is -1.97. The summed E-state index contributed by atoms with van der Waals surface area (Å²) in [5.74, 6) is 0.971. The summed E-state index contributed by atoms with van der Waals surface area (Å²) >= 11 is 0. The lowest BCUT2D eigenvalue weighted by molar-refractivity contribution is 0.380. The van der Waals surface area contributed by atoms with Gasteiger partial charge in [-0.2, -0.15) is 4.98 Å². The van der Waals surface area contributed by atoms with Gasteiger partial charge in [-0.15, -0.1) is 0 Å². The van der Waals surface area contributed by atoms with Crippen LogP contribution in [-0.2, 0) is 6.54 Å². The van der Waals surface area contributed by atoms with Crippen LogP contribution in [0.15, 0.2) is 33.4 Å². The van der Waals surface area contributed by atoms with Crippen molar-refractivity contribution in [2.24, 2.45) is 5.73 Å². The van der Waals surface area contributed by atoms with E-state index in [4.69, 9.17) is 14.7 Å². The Kier molecular flexibility index (Phi) is 2.19. The molecule has 0 saturated carbocycles. The first-order chi connectivity index (χ1) is 8.29. The van der Waals surface area contributed by atoms with E-state index in [1.54, 1.807) is 6.26 Å². The van der Waals surface area contributed by atoms with E-state index in [9.17, 15) is 0 Å². The molecule has 0 aliphatic rings. The molecule has 0 bridgehead atoms. The highest BCUT2D eigenvalue weighted by Crippen LogP contribution is 2.30. The Morgan fingerprint density at radius 3 is 3.00 bits per heavy atom. The molecular weight excluding hydrogens is 218 g/mol. The second-order valence-corrected chi connectivity index (χ2v) is 3.81. The Bertz CT molecular complexity index is 669. The molecule has 5 heteroatoms. The Morgan fingerprint density at radius 1 is 1.35 bits per heavy atom. The highest BCUT2D eigenvalue weighted by molar-refractivity contribution is 5.94. The topological polar surface area (TPSA) is 78.1 Å². The molecule has 0 radical (unpaired) electrons. The van der Waals surface area contributed by atoms with Crippen LogP contribution in [0.1, 0.15) is 11.5 Å². The third-order valence-corrected chi connectivity index (χ3v) is 2.67. The van der Waals surface area contributed by atoms with Gasteiger partial charge in [-0.3, -0.25) is 0 Å². The van der Waals surface area contributed by atoms with Gasteiger partial charge in [0, 0.05) is 10.9 Å². The van der Waals surface area contributed by atoms with Gasteiger partial charge in [0.25, 0.3) is 0 Å². The average Bonchev–Trinajstić information content (AvgIpc) is 2.96. The molecular formula is C12H11N3O2. The molecule has 0 atom stereocenters. The predicted molar refractivity (Wildman–Crippen MR) is 62.1 cm³/mol. The van der Waals surface area contributed by atoms with E-state index in [-0.39, 0.29) is 6.54 Å². The summed E-state index contributed by atoms with van der Waals surface area (Å²) in [6.45, 7) is 2.23. The normalized spacial score (nSPS) is 11.2. The van der Waals surface area contributed by atoms with Gasteiger partial charge in [-0.1, -0.05) is 17.3 Å². The molecule has 0 amide bonds. The fourth-order valence-corrected chi connectivity index (χ4v) is 1.88. The van der Waals surface area contributed by atoms with E-state index >= 15 is 0 Å². The second kappa shape index (κ2) is 3.71. The largest absolute Gasteiger partial charge is 0.464 e. The van der Waals surface area contributed by atoms with Crippen LogP contribution in [0.5, 0.6) is 0 Å². The number of fused-ring (bicyclic) bond motifs is 1. The van der Waals surface area contributed by atoms with Gasteiger partial charge in [-0.25, -0.2) is 0 Å². The maximum atomic E-state index is 5.45. The molecule has 0 aliphatic carbocycles. The van der Waals surface area contributed by atoms with Gasteiger partial charge in [0.05, 0.1) is 12.8 Å². The van der Waals surface area contributed by atoms with Crippen LogP contribution in [0, 0.1) is 6.92 Å². The number of nitrogens with two attached hydrogens (primary N) is 1. The number of furan rings is 1. The van der Waals surface area contributed by atoms with Crippen molar-refractivity contribution in [1.29, 1.82) is 0 Å². The minimum absolute atomic E-state index is 0.243. The third kappa shape index (κ3) is 1.52. The van der Waals surface area contributed by atoms with Crippen molar-refractivity contribution in [3.05, 3.63) is 35.9 Å². The van der Waals surface area contributed by atoms with Crippen molar-refractivity contribution in [3.63, 3.8) is 0 Å². The first kappa shape index (κ1) is 10.0. The van der Waals surface area contributed by atoms with Gasteiger partial charge in [0.2, 0.25) is 11.7 Å². The molecule has 86 valence electrons. The van der Waals surface area contributed by atoms with Gasteiger partial charge in [0.1, 0.15) is 5.58 Å². The molecule has 5 nitrogen and oxygen atoms in total. The van der Waals surface area contributed by atoms with E-state index in [2.05, 4.69) is 10.1 Å². The molecule has 0 spiro atoms. The quantitative estimate of drug-likeness (QED) is 0.729. The first-order valence-corrected chi connectivity index (χ1v) is 5.29. The van der Waals surface area contributed by atoms with Gasteiger partial charge >= 0.3 is 0 Å². The van der Waals surface area contributed by atoms with Crippen molar-refractivity contribution < 1.29 is 8.94 Å². The van der Waals surface area contributed by atoms with Crippen molar-refractivity contribution in [1.82, 2.24) is 10.1 Å². The summed E-state index contributed by atoms with van der Waals surface area (Å²) in [5, 5.41) is 4.93. The second-order valence-electron chi connectivity index (χ2n) is 3.81. The lowest BCUT2D eigenvalue weighted by Crippen LogP contribution is -1.95. The molecule has 0 unspecified atom stereocenters. The number of hydrogen-bond acceptors (Lipinski definition) is 5. The van der Waals surface area contributed by atoms with Crippen LogP contribution in [0.4, 0.5) is 0 Å². The van der Waals surface area contributed by atoms with E-state index in [0.717, 1.165) is 22.1 Å². The van der Waals surface area contributed by atoms with Crippen molar-refractivity contribution in [3.8, 4) is 11.4 Å². The van der Waals surface area contributed by atoms with Crippen LogP contribution in [-0.4, -0.2) is 10.1 Å². The average molecular weight is 229 g/mol. The SMILES string of the molecule is Cc1coc2cccc(-c3noc(CN)n3)c12. The Hall–Kier alpha value is -2.14. The number of rotatable bonds is 2. The molecule has 0 fully saturated rings. The molecule has 17 heavy (non-hydrogen) atoms. The highest BCUT2D eigenvalue weighted by Gasteiger charge is 2.13. The summed E-state index contributed by atoms with van der Waals surface area (Å²) in [6, 6.07) is 5.75. The van der Waals surface area contributed by atoms with E-state index in [0.29, 0.717) is 11.7 Å². The number of aromatic nitrogens is 2. The molecule has 2 aromatic heterocycles. The third-order valence-electron chi connectivity index (χ3n) is 2.67. The summed E-state index contributed by atoms with van der Waals surface area (Å²) in [5.41, 5.74) is 8.22.